The third-order valence-corrected chi connectivity index (χ3v) is 3.93. The molecule has 1 amide bonds. The molecule has 2 rings (SSSR count). The molecule has 7 heteroatoms. The molecule has 1 heterocycles. The van der Waals surface area contributed by atoms with Gasteiger partial charge in [-0.05, 0) is 25.5 Å². The van der Waals surface area contributed by atoms with Crippen molar-refractivity contribution in [1.82, 2.24) is 0 Å². The number of ether oxygens (including phenoxy) is 1. The fourth-order valence-corrected chi connectivity index (χ4v) is 2.80. The summed E-state index contributed by atoms with van der Waals surface area (Å²) in [6, 6.07) is 2.84. The van der Waals surface area contributed by atoms with Crippen molar-refractivity contribution in [1.29, 1.82) is 0 Å². The Hall–Kier alpha value is -1.27. The van der Waals surface area contributed by atoms with Gasteiger partial charge in [-0.3, -0.25) is 4.79 Å². The minimum Gasteiger partial charge on any atom is -0.479 e. The van der Waals surface area contributed by atoms with Crippen molar-refractivity contribution in [2.45, 2.75) is 24.8 Å². The average molecular weight is 276 g/mol. The molecule has 17 heavy (non-hydrogen) atoms. The molecule has 5 nitrogen and oxygen atoms in total. The number of anilines is 1. The first-order valence-electron chi connectivity index (χ1n) is 4.86. The van der Waals surface area contributed by atoms with Crippen molar-refractivity contribution < 1.29 is 17.9 Å². The van der Waals surface area contributed by atoms with E-state index in [9.17, 15) is 13.2 Å². The Morgan fingerprint density at radius 1 is 1.41 bits per heavy atom. The Balaban J connectivity index is 2.58. The maximum Gasteiger partial charge on any atom is 0.265 e. The Bertz CT molecular complexity index is 597. The summed E-state index contributed by atoms with van der Waals surface area (Å²) in [5, 5.41) is 2.63. The van der Waals surface area contributed by atoms with Crippen LogP contribution in [0, 0.1) is 6.92 Å². The van der Waals surface area contributed by atoms with Crippen LogP contribution in [0.2, 0.25) is 0 Å². The molecule has 0 saturated carbocycles. The van der Waals surface area contributed by atoms with E-state index in [1.165, 1.54) is 12.1 Å². The Morgan fingerprint density at radius 3 is 2.65 bits per heavy atom. The van der Waals surface area contributed by atoms with Crippen molar-refractivity contribution in [3.8, 4) is 5.75 Å². The Labute approximate surface area is 103 Å². The number of fused-ring (bicyclic) bond motifs is 1. The summed E-state index contributed by atoms with van der Waals surface area (Å²) in [5.41, 5.74) is 0.909. The van der Waals surface area contributed by atoms with Gasteiger partial charge in [0.1, 0.15) is 5.75 Å². The first-order valence-corrected chi connectivity index (χ1v) is 7.17. The van der Waals surface area contributed by atoms with Crippen LogP contribution in [0.5, 0.6) is 5.75 Å². The zero-order valence-corrected chi connectivity index (χ0v) is 10.7. The molecule has 1 aromatic carbocycles. The van der Waals surface area contributed by atoms with Gasteiger partial charge in [-0.25, -0.2) is 8.42 Å². The lowest BCUT2D eigenvalue weighted by Crippen LogP contribution is -2.34. The first-order chi connectivity index (χ1) is 7.79. The van der Waals surface area contributed by atoms with Gasteiger partial charge in [-0.1, -0.05) is 0 Å². The van der Waals surface area contributed by atoms with Gasteiger partial charge in [0.2, 0.25) is 0 Å². The minimum atomic E-state index is -3.82. The van der Waals surface area contributed by atoms with Crippen LogP contribution in [0.3, 0.4) is 0 Å². The van der Waals surface area contributed by atoms with Gasteiger partial charge in [0.15, 0.2) is 6.10 Å². The third kappa shape index (κ3) is 2.23. The molecule has 92 valence electrons. The van der Waals surface area contributed by atoms with E-state index in [1.807, 2.05) is 0 Å². The lowest BCUT2D eigenvalue weighted by molar-refractivity contribution is -0.122. The van der Waals surface area contributed by atoms with E-state index < -0.39 is 15.2 Å². The molecule has 0 aromatic heterocycles. The predicted octanol–water partition coefficient (Wildman–Crippen LogP) is 1.64. The zero-order valence-electron chi connectivity index (χ0n) is 9.15. The number of nitrogens with one attached hydrogen (secondary N) is 1. The molecule has 0 fully saturated rings. The van der Waals surface area contributed by atoms with E-state index >= 15 is 0 Å². The Kier molecular flexibility index (Phi) is 2.79. The molecule has 1 N–H and O–H groups in total. The van der Waals surface area contributed by atoms with Crippen LogP contribution in [0.15, 0.2) is 17.0 Å². The summed E-state index contributed by atoms with van der Waals surface area (Å²) in [7, 11) is 1.48. The molecule has 1 aliphatic rings. The van der Waals surface area contributed by atoms with Crippen LogP contribution in [0.25, 0.3) is 0 Å². The maximum atomic E-state index is 11.4. The largest absolute Gasteiger partial charge is 0.479 e. The first kappa shape index (κ1) is 12.2. The summed E-state index contributed by atoms with van der Waals surface area (Å²) in [5.74, 6) is 0.0419. The van der Waals surface area contributed by atoms with Crippen molar-refractivity contribution in [3.63, 3.8) is 0 Å². The molecular formula is C10H10ClNO4S. The number of carbonyl (C=O) groups is 1. The monoisotopic (exact) mass is 275 g/mol. The molecule has 0 unspecified atom stereocenters. The lowest BCUT2D eigenvalue weighted by Gasteiger charge is -2.24. The van der Waals surface area contributed by atoms with Crippen LogP contribution >= 0.6 is 10.7 Å². The fraction of sp³-hybridized carbons (Fsp3) is 0.300. The van der Waals surface area contributed by atoms with Crippen LogP contribution in [0.4, 0.5) is 5.69 Å². The molecule has 0 bridgehead atoms. The van der Waals surface area contributed by atoms with E-state index in [0.29, 0.717) is 17.0 Å². The summed E-state index contributed by atoms with van der Waals surface area (Å²) in [6.07, 6.45) is -0.656. The van der Waals surface area contributed by atoms with E-state index in [-0.39, 0.29) is 10.8 Å². The van der Waals surface area contributed by atoms with Crippen molar-refractivity contribution in [2.75, 3.05) is 5.32 Å². The van der Waals surface area contributed by atoms with Gasteiger partial charge < -0.3 is 10.1 Å². The summed E-state index contributed by atoms with van der Waals surface area (Å²) >= 11 is 0. The van der Waals surface area contributed by atoms with E-state index in [0.717, 1.165) is 0 Å². The predicted molar refractivity (Wildman–Crippen MR) is 62.9 cm³/mol. The number of aryl methyl sites for hydroxylation is 1. The highest BCUT2D eigenvalue weighted by Gasteiger charge is 2.26. The number of rotatable bonds is 1. The quantitative estimate of drug-likeness (QED) is 0.791. The number of carbonyl (C=O) groups excluding carboxylic acids is 1. The summed E-state index contributed by atoms with van der Waals surface area (Å²) in [6.45, 7) is 3.17. The van der Waals surface area contributed by atoms with Gasteiger partial charge in [-0.2, -0.15) is 0 Å². The second kappa shape index (κ2) is 3.89. The van der Waals surface area contributed by atoms with Crippen LogP contribution in [-0.4, -0.2) is 20.4 Å². The number of benzene rings is 1. The summed E-state index contributed by atoms with van der Waals surface area (Å²) < 4.78 is 27.9. The highest BCUT2D eigenvalue weighted by molar-refractivity contribution is 8.13. The number of halogens is 1. The fourth-order valence-electron chi connectivity index (χ4n) is 1.61. The minimum absolute atomic E-state index is 0.0127. The molecule has 0 spiro atoms. The number of hydrogen-bond acceptors (Lipinski definition) is 4. The van der Waals surface area contributed by atoms with E-state index in [4.69, 9.17) is 15.4 Å². The SMILES string of the molecule is Cc1cc2c(cc1S(=O)(=O)Cl)O[C@@H](C)C(=O)N2. The standard InChI is InChI=1S/C10H10ClNO4S/c1-5-3-7-8(4-9(5)17(11,14)15)16-6(2)10(13)12-7/h3-4,6H,1-2H3,(H,12,13)/t6-/m0/s1. The van der Waals surface area contributed by atoms with E-state index in [2.05, 4.69) is 5.32 Å². The van der Waals surface area contributed by atoms with Crippen molar-refractivity contribution in [3.05, 3.63) is 17.7 Å². The topological polar surface area (TPSA) is 72.5 Å². The molecule has 0 aliphatic carbocycles. The van der Waals surface area contributed by atoms with E-state index in [1.54, 1.807) is 13.8 Å². The van der Waals surface area contributed by atoms with Gasteiger partial charge in [0, 0.05) is 16.7 Å². The Morgan fingerprint density at radius 2 is 2.06 bits per heavy atom. The second-order valence-corrected chi connectivity index (χ2v) is 6.34. The average Bonchev–Trinajstić information content (AvgIpc) is 2.18. The van der Waals surface area contributed by atoms with Gasteiger partial charge in [-0.15, -0.1) is 0 Å². The number of hydrogen-bond donors (Lipinski definition) is 1. The van der Waals surface area contributed by atoms with Crippen LogP contribution < -0.4 is 10.1 Å². The molecule has 1 aliphatic heterocycles. The molecular weight excluding hydrogens is 266 g/mol. The molecule has 1 aromatic rings. The molecule has 0 saturated heterocycles. The molecule has 1 atom stereocenters. The summed E-state index contributed by atoms with van der Waals surface area (Å²) in [4.78, 5) is 11.4. The highest BCUT2D eigenvalue weighted by Crippen LogP contribution is 2.35. The van der Waals surface area contributed by atoms with Crippen molar-refractivity contribution >= 4 is 31.3 Å². The lowest BCUT2D eigenvalue weighted by atomic mass is 10.1. The van der Waals surface area contributed by atoms with Gasteiger partial charge in [0.25, 0.3) is 15.0 Å². The number of amides is 1. The highest BCUT2D eigenvalue weighted by atomic mass is 35.7. The van der Waals surface area contributed by atoms with Crippen molar-refractivity contribution in [2.24, 2.45) is 0 Å². The zero-order chi connectivity index (χ0) is 12.8. The van der Waals surface area contributed by atoms with Gasteiger partial charge in [0.05, 0.1) is 10.6 Å². The smallest absolute Gasteiger partial charge is 0.265 e. The molecule has 0 radical (unpaired) electrons. The second-order valence-electron chi connectivity index (χ2n) is 3.80. The van der Waals surface area contributed by atoms with Crippen LogP contribution in [0.1, 0.15) is 12.5 Å². The van der Waals surface area contributed by atoms with Crippen LogP contribution in [-0.2, 0) is 13.8 Å². The normalized spacial score (nSPS) is 19.2. The maximum absolute atomic E-state index is 11.4. The van der Waals surface area contributed by atoms with Gasteiger partial charge >= 0.3 is 0 Å². The third-order valence-electron chi connectivity index (χ3n) is 2.47.